The van der Waals surface area contributed by atoms with Crippen molar-refractivity contribution in [1.82, 2.24) is 30.0 Å². The van der Waals surface area contributed by atoms with Gasteiger partial charge in [-0.3, -0.25) is 9.89 Å². The van der Waals surface area contributed by atoms with E-state index in [9.17, 15) is 9.18 Å². The summed E-state index contributed by atoms with van der Waals surface area (Å²) in [7, 11) is 1.91. The van der Waals surface area contributed by atoms with E-state index < -0.39 is 5.67 Å². The molecule has 1 aliphatic heterocycles. The lowest BCUT2D eigenvalue weighted by atomic mass is 9.79. The van der Waals surface area contributed by atoms with Crippen molar-refractivity contribution < 1.29 is 9.18 Å². The van der Waals surface area contributed by atoms with E-state index in [-0.39, 0.29) is 11.9 Å². The lowest BCUT2D eigenvalue weighted by Crippen LogP contribution is -2.51. The summed E-state index contributed by atoms with van der Waals surface area (Å²) in [5.41, 5.74) is 4.70. The number of aromatic amines is 1. The molecule has 0 atom stereocenters. The number of halogens is 1. The van der Waals surface area contributed by atoms with Crippen molar-refractivity contribution in [2.75, 3.05) is 16.8 Å². The third-order valence-corrected chi connectivity index (χ3v) is 7.27. The summed E-state index contributed by atoms with van der Waals surface area (Å²) in [5, 5.41) is 13.2. The van der Waals surface area contributed by atoms with Gasteiger partial charge in [-0.2, -0.15) is 10.1 Å². The topological polar surface area (TPSA) is 104 Å². The highest BCUT2D eigenvalue weighted by Crippen LogP contribution is 2.35. The summed E-state index contributed by atoms with van der Waals surface area (Å²) in [6.45, 7) is 2.94. The number of rotatable bonds is 6. The van der Waals surface area contributed by atoms with Gasteiger partial charge in [-0.05, 0) is 48.7 Å². The highest BCUT2D eigenvalue weighted by molar-refractivity contribution is 5.93. The van der Waals surface area contributed by atoms with Crippen LogP contribution in [0.4, 0.5) is 21.8 Å². The number of hydrogen-bond donors (Lipinski definition) is 3. The van der Waals surface area contributed by atoms with Crippen molar-refractivity contribution in [1.29, 1.82) is 0 Å². The van der Waals surface area contributed by atoms with Crippen LogP contribution >= 0.6 is 0 Å². The van der Waals surface area contributed by atoms with Gasteiger partial charge in [0.25, 0.3) is 5.91 Å². The molecule has 3 N–H and O–H groups in total. The monoisotopic (exact) mass is 500 g/mol. The lowest BCUT2D eigenvalue weighted by Gasteiger charge is -2.38. The Hall–Kier alpha value is -4.21. The van der Waals surface area contributed by atoms with Crippen LogP contribution in [0.15, 0.2) is 55.0 Å². The van der Waals surface area contributed by atoms with Crippen LogP contribution in [0.25, 0.3) is 11.1 Å². The van der Waals surface area contributed by atoms with Gasteiger partial charge in [-0.25, -0.2) is 9.37 Å². The van der Waals surface area contributed by atoms with Gasteiger partial charge >= 0.3 is 0 Å². The highest BCUT2D eigenvalue weighted by atomic mass is 19.1. The van der Waals surface area contributed by atoms with Gasteiger partial charge in [0.05, 0.1) is 12.7 Å². The Morgan fingerprint density at radius 3 is 2.73 bits per heavy atom. The van der Waals surface area contributed by atoms with Gasteiger partial charge in [-0.1, -0.05) is 12.1 Å². The van der Waals surface area contributed by atoms with Crippen LogP contribution in [0.3, 0.4) is 0 Å². The molecule has 1 aliphatic carbocycles. The number of benzene rings is 1. The minimum atomic E-state index is -1.17. The number of carbonyl (C=O) groups is 1. The molecule has 0 bridgehead atoms. The molecule has 0 spiro atoms. The quantitative estimate of drug-likeness (QED) is 0.368. The van der Waals surface area contributed by atoms with Gasteiger partial charge in [0, 0.05) is 61.8 Å². The molecule has 0 unspecified atom stereocenters. The van der Waals surface area contributed by atoms with Crippen LogP contribution in [0.1, 0.15) is 41.5 Å². The SMILES string of the molecule is Cn1c(C(=O)NC2CC(C)(F)C2)cc2c1CN(c1nccc(Nc3ccc(-c4cn[nH]c4)cc3)n1)CC2. The smallest absolute Gasteiger partial charge is 0.268 e. The van der Waals surface area contributed by atoms with Crippen LogP contribution in [0.2, 0.25) is 0 Å². The number of nitrogens with zero attached hydrogens (tertiary/aromatic N) is 5. The van der Waals surface area contributed by atoms with Crippen LogP contribution < -0.4 is 15.5 Å². The van der Waals surface area contributed by atoms with E-state index in [1.54, 1.807) is 19.3 Å². The number of amides is 1. The molecule has 10 heteroatoms. The van der Waals surface area contributed by atoms with Crippen LogP contribution in [-0.2, 0) is 20.0 Å². The first kappa shape index (κ1) is 23.2. The fourth-order valence-electron chi connectivity index (χ4n) is 5.24. The zero-order valence-electron chi connectivity index (χ0n) is 20.8. The summed E-state index contributed by atoms with van der Waals surface area (Å²) in [4.78, 5) is 24.2. The van der Waals surface area contributed by atoms with E-state index >= 15 is 0 Å². The molecule has 1 saturated carbocycles. The fourth-order valence-corrected chi connectivity index (χ4v) is 5.24. The molecule has 9 nitrogen and oxygen atoms in total. The van der Waals surface area contributed by atoms with Gasteiger partial charge < -0.3 is 20.1 Å². The molecule has 0 saturated heterocycles. The minimum absolute atomic E-state index is 0.101. The Labute approximate surface area is 214 Å². The maximum absolute atomic E-state index is 13.8. The van der Waals surface area contributed by atoms with Crippen molar-refractivity contribution in [2.45, 2.75) is 44.4 Å². The predicted molar refractivity (Wildman–Crippen MR) is 140 cm³/mol. The first-order chi connectivity index (χ1) is 17.8. The number of H-pyrrole nitrogens is 1. The second-order valence-corrected chi connectivity index (χ2v) is 10.2. The molecular weight excluding hydrogens is 471 g/mol. The molecule has 2 aliphatic rings. The number of alkyl halides is 1. The molecule has 6 rings (SSSR count). The number of aromatic nitrogens is 5. The minimum Gasteiger partial charge on any atom is -0.348 e. The second kappa shape index (κ2) is 9.02. The van der Waals surface area contributed by atoms with Crippen molar-refractivity contribution in [2.24, 2.45) is 7.05 Å². The first-order valence-corrected chi connectivity index (χ1v) is 12.5. The largest absolute Gasteiger partial charge is 0.348 e. The summed E-state index contributed by atoms with van der Waals surface area (Å²) >= 11 is 0. The highest BCUT2D eigenvalue weighted by Gasteiger charge is 2.41. The van der Waals surface area contributed by atoms with Crippen LogP contribution in [-0.4, -0.2) is 48.9 Å². The van der Waals surface area contributed by atoms with Crippen LogP contribution in [0, 0.1) is 0 Å². The van der Waals surface area contributed by atoms with Gasteiger partial charge in [-0.15, -0.1) is 0 Å². The number of nitrogens with one attached hydrogen (secondary N) is 3. The van der Waals surface area contributed by atoms with Crippen molar-refractivity contribution in [3.63, 3.8) is 0 Å². The Bertz CT molecular complexity index is 1420. The Morgan fingerprint density at radius 1 is 1.19 bits per heavy atom. The molecule has 37 heavy (non-hydrogen) atoms. The molecule has 0 radical (unpaired) electrons. The third kappa shape index (κ3) is 4.66. The molecule has 3 aromatic heterocycles. The Balaban J connectivity index is 1.14. The van der Waals surface area contributed by atoms with Crippen LogP contribution in [0.5, 0.6) is 0 Å². The van der Waals surface area contributed by atoms with E-state index in [0.29, 0.717) is 36.8 Å². The summed E-state index contributed by atoms with van der Waals surface area (Å²) < 4.78 is 15.8. The average molecular weight is 501 g/mol. The lowest BCUT2D eigenvalue weighted by molar-refractivity contribution is 0.0442. The Kier molecular flexibility index (Phi) is 5.66. The zero-order chi connectivity index (χ0) is 25.6. The predicted octanol–water partition coefficient (Wildman–Crippen LogP) is 4.13. The standard InChI is InChI=1S/C27H29FN8O/c1-27(28)12-21(13-27)33-25(37)22-11-18-8-10-36(16-23(18)35(22)2)26-29-9-7-24(34-26)32-20-5-3-17(4-6-20)19-14-30-31-15-19/h3-7,9,11,14-15,21H,8,10,12-13,16H2,1-2H3,(H,30,31)(H,33,37)(H,29,32,34). The second-order valence-electron chi connectivity index (χ2n) is 10.2. The molecule has 4 aromatic rings. The molecule has 1 fully saturated rings. The number of hydrogen-bond acceptors (Lipinski definition) is 6. The first-order valence-electron chi connectivity index (χ1n) is 12.5. The third-order valence-electron chi connectivity index (χ3n) is 7.27. The summed E-state index contributed by atoms with van der Waals surface area (Å²) in [5.74, 6) is 1.19. The molecule has 1 amide bonds. The van der Waals surface area contributed by atoms with Gasteiger partial charge in [0.15, 0.2) is 0 Å². The van der Waals surface area contributed by atoms with E-state index in [0.717, 1.165) is 41.0 Å². The normalized spacial score (nSPS) is 20.7. The summed E-state index contributed by atoms with van der Waals surface area (Å²) in [6.07, 6.45) is 6.93. The van der Waals surface area contributed by atoms with Crippen molar-refractivity contribution in [3.8, 4) is 11.1 Å². The number of anilines is 3. The summed E-state index contributed by atoms with van der Waals surface area (Å²) in [6, 6.07) is 11.8. The average Bonchev–Trinajstić information content (AvgIpc) is 3.52. The molecule has 190 valence electrons. The maximum atomic E-state index is 13.8. The van der Waals surface area contributed by atoms with E-state index in [1.165, 1.54) is 0 Å². The Morgan fingerprint density at radius 2 is 2.00 bits per heavy atom. The van der Waals surface area contributed by atoms with Gasteiger partial charge in [0.1, 0.15) is 17.2 Å². The fraction of sp³-hybridized carbons (Fsp3) is 0.333. The van der Waals surface area contributed by atoms with E-state index in [2.05, 4.69) is 30.7 Å². The van der Waals surface area contributed by atoms with Gasteiger partial charge in [0.2, 0.25) is 5.95 Å². The zero-order valence-corrected chi connectivity index (χ0v) is 20.8. The molecule has 1 aromatic carbocycles. The van der Waals surface area contributed by atoms with Crippen molar-refractivity contribution in [3.05, 3.63) is 71.9 Å². The van der Waals surface area contributed by atoms with E-state index in [1.807, 2.05) is 54.2 Å². The number of fused-ring (bicyclic) bond motifs is 1. The maximum Gasteiger partial charge on any atom is 0.268 e. The van der Waals surface area contributed by atoms with Crippen molar-refractivity contribution >= 4 is 23.4 Å². The molecular formula is C27H29FN8O. The van der Waals surface area contributed by atoms with E-state index in [4.69, 9.17) is 4.98 Å². The molecule has 4 heterocycles. The number of carbonyl (C=O) groups excluding carboxylic acids is 1.